The molecule has 1 unspecified atom stereocenters. The second-order valence-electron chi connectivity index (χ2n) is 18.3. The molecule has 0 aliphatic carbocycles. The zero-order valence-electron chi connectivity index (χ0n) is 41.3. The number of rotatable bonds is 12. The number of nitrogens with one attached hydrogen (secondary N) is 2. The van der Waals surface area contributed by atoms with E-state index in [0.717, 1.165) is 5.56 Å². The first-order valence-electron chi connectivity index (χ1n) is 22.0. The number of Topliss-reactive ketones (excluding diaryl/α,β-unsaturated/α-hetero) is 2. The number of carbonyl (C=O) groups excluding carboxylic acids is 7. The number of hydrogen-bond acceptors (Lipinski definition) is 14. The monoisotopic (exact) mass is 949 g/mol. The summed E-state index contributed by atoms with van der Waals surface area (Å²) in [5.74, 6) is -1.56. The minimum atomic E-state index is -1.11. The minimum absolute atomic E-state index is 0.0444. The topological polar surface area (TPSA) is 247 Å². The molecule has 2 aromatic carbocycles. The van der Waals surface area contributed by atoms with Crippen molar-refractivity contribution in [2.24, 2.45) is 0 Å². The summed E-state index contributed by atoms with van der Waals surface area (Å²) in [5.41, 5.74) is 2.51. The molecule has 2 atom stereocenters. The van der Waals surface area contributed by atoms with Crippen molar-refractivity contribution >= 4 is 52.9 Å². The van der Waals surface area contributed by atoms with E-state index in [1.165, 1.54) is 6.20 Å². The van der Waals surface area contributed by atoms with E-state index in [0.29, 0.717) is 52.0 Å². The van der Waals surface area contributed by atoms with Crippen LogP contribution >= 0.6 is 0 Å². The van der Waals surface area contributed by atoms with Gasteiger partial charge in [0.2, 0.25) is 0 Å². The number of aromatic nitrogens is 3. The predicted molar refractivity (Wildman–Crippen MR) is 257 cm³/mol. The van der Waals surface area contributed by atoms with Crippen LogP contribution in [0.2, 0.25) is 0 Å². The molecule has 3 heterocycles. The molecule has 5 aromatic rings. The molecule has 0 saturated carbocycles. The zero-order chi connectivity index (χ0) is 52.1. The zero-order valence-corrected chi connectivity index (χ0v) is 41.3. The van der Waals surface area contributed by atoms with Gasteiger partial charge in [-0.2, -0.15) is 9.59 Å². The van der Waals surface area contributed by atoms with Gasteiger partial charge < -0.3 is 30.0 Å². The first-order chi connectivity index (χ1) is 32.2. The third kappa shape index (κ3) is 20.8. The maximum absolute atomic E-state index is 12.3. The maximum atomic E-state index is 12.3. The highest BCUT2D eigenvalue weighted by Gasteiger charge is 2.28. The average molecular weight is 950 g/mol. The van der Waals surface area contributed by atoms with Crippen molar-refractivity contribution in [2.75, 3.05) is 0 Å². The Morgan fingerprint density at radius 2 is 1.17 bits per heavy atom. The van der Waals surface area contributed by atoms with Gasteiger partial charge in [-0.05, 0) is 111 Å². The summed E-state index contributed by atoms with van der Waals surface area (Å²) >= 11 is 0. The molecular formula is C52H63N5O12. The molecule has 368 valence electrons. The van der Waals surface area contributed by atoms with Crippen molar-refractivity contribution in [3.05, 3.63) is 125 Å². The van der Waals surface area contributed by atoms with E-state index in [1.807, 2.05) is 81.4 Å². The fourth-order valence-corrected chi connectivity index (χ4v) is 6.13. The number of benzene rings is 2. The van der Waals surface area contributed by atoms with Crippen LogP contribution < -0.4 is 10.6 Å². The summed E-state index contributed by atoms with van der Waals surface area (Å²) < 4.78 is 15.7. The molecule has 0 fully saturated rings. The Labute approximate surface area is 402 Å². The predicted octanol–water partition coefficient (Wildman–Crippen LogP) is 9.27. The van der Waals surface area contributed by atoms with Crippen LogP contribution in [0.15, 0.2) is 97.3 Å². The van der Waals surface area contributed by atoms with Gasteiger partial charge in [0.25, 0.3) is 0 Å². The molecule has 0 spiro atoms. The molecule has 0 saturated heterocycles. The summed E-state index contributed by atoms with van der Waals surface area (Å²) in [6, 6.07) is 24.2. The van der Waals surface area contributed by atoms with Gasteiger partial charge in [0.05, 0.1) is 35.3 Å². The number of alkyl carbamates (subject to hydrolysis) is 2. The van der Waals surface area contributed by atoms with Crippen LogP contribution in [0.25, 0.3) is 22.2 Å². The van der Waals surface area contributed by atoms with Gasteiger partial charge in [-0.1, -0.05) is 73.7 Å². The maximum Gasteiger partial charge on any atom is 0.408 e. The number of carboxylic acid groups (broad SMARTS) is 1. The lowest BCUT2D eigenvalue weighted by atomic mass is 9.94. The second kappa shape index (κ2) is 26.6. The molecule has 3 N–H and O–H groups in total. The molecule has 17 heteroatoms. The van der Waals surface area contributed by atoms with Gasteiger partial charge in [0.15, 0.2) is 11.6 Å². The van der Waals surface area contributed by atoms with Crippen LogP contribution in [0.1, 0.15) is 133 Å². The van der Waals surface area contributed by atoms with E-state index in [2.05, 4.69) is 25.6 Å². The van der Waals surface area contributed by atoms with Crippen LogP contribution in [-0.2, 0) is 46.2 Å². The Kier molecular flexibility index (Phi) is 22.2. The Morgan fingerprint density at radius 1 is 0.667 bits per heavy atom. The number of hydrogen-bond donors (Lipinski definition) is 3. The first-order valence-corrected chi connectivity index (χ1v) is 22.0. The number of amides is 2. The molecule has 0 bridgehead atoms. The highest BCUT2D eigenvalue weighted by atomic mass is 16.6. The number of ketones is 2. The van der Waals surface area contributed by atoms with Gasteiger partial charge in [-0.15, -0.1) is 0 Å². The molecule has 5 rings (SSSR count). The highest BCUT2D eigenvalue weighted by molar-refractivity contribution is 6.07. The Morgan fingerprint density at radius 3 is 1.70 bits per heavy atom. The largest absolute Gasteiger partial charge is 0.478 e. The number of esters is 1. The van der Waals surface area contributed by atoms with Crippen molar-refractivity contribution < 1.29 is 57.7 Å². The van der Waals surface area contributed by atoms with Gasteiger partial charge in [-0.3, -0.25) is 24.4 Å². The summed E-state index contributed by atoms with van der Waals surface area (Å²) in [6.45, 7) is 21.3. The Bertz CT molecular complexity index is 2560. The Hall–Kier alpha value is -7.65. The lowest BCUT2D eigenvalue weighted by Crippen LogP contribution is -2.42. The van der Waals surface area contributed by atoms with E-state index >= 15 is 0 Å². The van der Waals surface area contributed by atoms with Crippen LogP contribution in [0.4, 0.5) is 9.59 Å². The van der Waals surface area contributed by atoms with Crippen molar-refractivity contribution in [3.63, 3.8) is 0 Å². The number of ether oxygens (including phenoxy) is 3. The standard InChI is InChI=1S/C22H23N3O4.C15H21NO3.C14H19NO3.CO2/c1-13(24-21(28)29-22(2,3)4)18-16(14-9-6-5-7-10-14)17(20(26)27)19-15(25-18)11-8-12-23-19;1-11(16-14(18)19-15(2,3)4)13(17)10-12-8-6-5-7-9-12;1-5-11(16)13-10(7-6-8-15-13)9-12(17)18-14(2,3)4;2-1-3/h5-13H,1-4H3,(H,24,28)(H,26,27);5-9,11H,10H2,1-4H3,(H,16,18);6-8H,5,9H2,1-4H3;/t;11-;;/m.0../s1. The smallest absolute Gasteiger partial charge is 0.408 e. The summed E-state index contributed by atoms with van der Waals surface area (Å²) in [6.07, 6.45) is 2.92. The van der Waals surface area contributed by atoms with Gasteiger partial charge in [0.1, 0.15) is 28.0 Å². The number of pyridine rings is 3. The van der Waals surface area contributed by atoms with E-state index in [-0.39, 0.29) is 35.7 Å². The number of aromatic carboxylic acids is 1. The SMILES string of the molecule is CC(NC(=O)OC(C)(C)C)c1nc2cccnc2c(C(=O)O)c1-c1ccccc1.CCC(=O)c1ncccc1CC(=O)OC(C)(C)C.C[C@H](NC(=O)OC(C)(C)C)C(=O)Cc1ccccc1.O=C=O. The van der Waals surface area contributed by atoms with Gasteiger partial charge >= 0.3 is 30.3 Å². The van der Waals surface area contributed by atoms with Crippen LogP contribution in [0.5, 0.6) is 0 Å². The van der Waals surface area contributed by atoms with Crippen LogP contribution in [-0.4, -0.2) is 84.7 Å². The summed E-state index contributed by atoms with van der Waals surface area (Å²) in [5, 5.41) is 15.3. The van der Waals surface area contributed by atoms with Crippen LogP contribution in [0, 0.1) is 0 Å². The van der Waals surface area contributed by atoms with Gasteiger partial charge in [0, 0.05) is 30.8 Å². The lowest BCUT2D eigenvalue weighted by molar-refractivity contribution is -0.191. The molecule has 2 amide bonds. The molecule has 17 nitrogen and oxygen atoms in total. The first kappa shape index (κ1) is 57.5. The number of carboxylic acids is 1. The normalized spacial score (nSPS) is 11.7. The van der Waals surface area contributed by atoms with E-state index in [4.69, 9.17) is 23.8 Å². The lowest BCUT2D eigenvalue weighted by Gasteiger charge is -2.23. The third-order valence-electron chi connectivity index (χ3n) is 8.86. The number of fused-ring (bicyclic) bond motifs is 1. The van der Waals surface area contributed by atoms with Crippen LogP contribution in [0.3, 0.4) is 0 Å². The molecule has 3 aromatic heterocycles. The molecule has 69 heavy (non-hydrogen) atoms. The third-order valence-corrected chi connectivity index (χ3v) is 8.86. The van der Waals surface area contributed by atoms with E-state index in [1.54, 1.807) is 92.8 Å². The number of carbonyl (C=O) groups is 6. The fourth-order valence-electron chi connectivity index (χ4n) is 6.13. The molecule has 0 aliphatic rings. The quantitative estimate of drug-likeness (QED) is 0.0599. The van der Waals surface area contributed by atoms with E-state index in [9.17, 15) is 33.9 Å². The Balaban J connectivity index is 0.000000359. The minimum Gasteiger partial charge on any atom is -0.478 e. The molecule has 0 aliphatic heterocycles. The number of nitrogens with zero attached hydrogens (tertiary/aromatic N) is 3. The van der Waals surface area contributed by atoms with Gasteiger partial charge in [-0.25, -0.2) is 19.4 Å². The van der Waals surface area contributed by atoms with Crippen molar-refractivity contribution in [1.82, 2.24) is 25.6 Å². The summed E-state index contributed by atoms with van der Waals surface area (Å²) in [4.78, 5) is 101. The van der Waals surface area contributed by atoms with Crippen molar-refractivity contribution in [2.45, 2.75) is 131 Å². The highest BCUT2D eigenvalue weighted by Crippen LogP contribution is 2.34. The molecule has 0 radical (unpaired) electrons. The van der Waals surface area contributed by atoms with Crippen molar-refractivity contribution in [3.8, 4) is 11.1 Å². The second-order valence-corrected chi connectivity index (χ2v) is 18.3. The fraction of sp³-hybridized carbons (Fsp3) is 0.385. The van der Waals surface area contributed by atoms with Crippen molar-refractivity contribution in [1.29, 1.82) is 0 Å². The summed E-state index contributed by atoms with van der Waals surface area (Å²) in [7, 11) is 0. The van der Waals surface area contributed by atoms with E-state index < -0.39 is 47.0 Å². The average Bonchev–Trinajstić information content (AvgIpc) is 3.25. The molecular weight excluding hydrogens is 887 g/mol.